The number of guanidine groups is 1. The molecule has 2 aromatic carbocycles. The summed E-state index contributed by atoms with van der Waals surface area (Å²) < 4.78 is 10.7. The van der Waals surface area contributed by atoms with E-state index < -0.39 is 0 Å². The molecule has 0 radical (unpaired) electrons. The molecule has 1 aliphatic heterocycles. The molecule has 32 heavy (non-hydrogen) atoms. The number of rotatable bonds is 9. The Hall–Kier alpha value is -2.00. The Bertz CT molecular complexity index is 875. The van der Waals surface area contributed by atoms with Crippen LogP contribution in [0, 0.1) is 0 Å². The smallest absolute Gasteiger partial charge is 0.188 e. The van der Waals surface area contributed by atoms with E-state index in [1.54, 1.807) is 14.2 Å². The predicted molar refractivity (Wildman–Crippen MR) is 142 cm³/mol. The van der Waals surface area contributed by atoms with Gasteiger partial charge in [-0.25, -0.2) is 4.99 Å². The van der Waals surface area contributed by atoms with Gasteiger partial charge in [-0.15, -0.1) is 24.0 Å². The lowest BCUT2D eigenvalue weighted by atomic mass is 10.0. The van der Waals surface area contributed by atoms with Crippen molar-refractivity contribution in [1.29, 1.82) is 0 Å². The highest BCUT2D eigenvalue weighted by Crippen LogP contribution is 2.27. The minimum absolute atomic E-state index is 0. The average Bonchev–Trinajstić information content (AvgIpc) is 2.80. The van der Waals surface area contributed by atoms with E-state index in [0.29, 0.717) is 25.1 Å². The molecule has 1 aliphatic rings. The number of likely N-dealkylation sites (tertiary alicyclic amines) is 1. The molecule has 3 N–H and O–H groups in total. The Morgan fingerprint density at radius 2 is 1.84 bits per heavy atom. The van der Waals surface area contributed by atoms with Crippen LogP contribution in [0.2, 0.25) is 0 Å². The van der Waals surface area contributed by atoms with Gasteiger partial charge in [-0.05, 0) is 61.6 Å². The lowest BCUT2D eigenvalue weighted by molar-refractivity contribution is 0.152. The van der Waals surface area contributed by atoms with Gasteiger partial charge in [0.05, 0.1) is 20.8 Å². The molecule has 7 heteroatoms. The number of ether oxygens (including phenoxy) is 2. The van der Waals surface area contributed by atoms with Gasteiger partial charge in [0, 0.05) is 19.1 Å². The SMILES string of the molecule is COc1ccc(CCNC(N)=NCc2ccccc2CN2CCCCC2C)cc1OC.I. The number of benzene rings is 2. The van der Waals surface area contributed by atoms with Crippen molar-refractivity contribution >= 4 is 29.9 Å². The summed E-state index contributed by atoms with van der Waals surface area (Å²) in [4.78, 5) is 7.16. The standard InChI is InChI=1S/C25H36N4O2.HI/c1-19-8-6-7-15-29(19)18-22-10-5-4-9-21(22)17-28-25(26)27-14-13-20-11-12-23(30-2)24(16-20)31-3;/h4-5,9-12,16,19H,6-8,13-15,17-18H2,1-3H3,(H3,26,27,28);1H. The minimum atomic E-state index is 0. The van der Waals surface area contributed by atoms with Crippen LogP contribution in [0.15, 0.2) is 47.5 Å². The maximum absolute atomic E-state index is 6.13. The zero-order valence-corrected chi connectivity index (χ0v) is 21.8. The molecule has 1 unspecified atom stereocenters. The second-order valence-corrected chi connectivity index (χ2v) is 8.15. The second kappa shape index (κ2) is 13.5. The first-order valence-electron chi connectivity index (χ1n) is 11.2. The summed E-state index contributed by atoms with van der Waals surface area (Å²) in [7, 11) is 3.29. The zero-order chi connectivity index (χ0) is 22.1. The number of nitrogens with zero attached hydrogens (tertiary/aromatic N) is 2. The highest BCUT2D eigenvalue weighted by Gasteiger charge is 2.19. The van der Waals surface area contributed by atoms with Crippen molar-refractivity contribution in [2.45, 2.75) is 51.7 Å². The predicted octanol–water partition coefficient (Wildman–Crippen LogP) is 4.34. The third-order valence-corrected chi connectivity index (χ3v) is 6.02. The highest BCUT2D eigenvalue weighted by molar-refractivity contribution is 14.0. The average molecular weight is 553 g/mol. The molecule has 3 rings (SSSR count). The second-order valence-electron chi connectivity index (χ2n) is 8.15. The van der Waals surface area contributed by atoms with E-state index in [1.807, 2.05) is 18.2 Å². The summed E-state index contributed by atoms with van der Waals surface area (Å²) in [5, 5.41) is 3.22. The van der Waals surface area contributed by atoms with Gasteiger partial charge in [0.2, 0.25) is 0 Å². The molecule has 1 fully saturated rings. The minimum Gasteiger partial charge on any atom is -0.493 e. The molecule has 0 spiro atoms. The van der Waals surface area contributed by atoms with Crippen LogP contribution in [-0.4, -0.2) is 44.2 Å². The van der Waals surface area contributed by atoms with E-state index in [4.69, 9.17) is 15.2 Å². The fourth-order valence-electron chi connectivity index (χ4n) is 4.07. The largest absolute Gasteiger partial charge is 0.493 e. The van der Waals surface area contributed by atoms with Gasteiger partial charge in [0.15, 0.2) is 17.5 Å². The zero-order valence-electron chi connectivity index (χ0n) is 19.5. The first kappa shape index (κ1) is 26.3. The Balaban J connectivity index is 0.00000363. The van der Waals surface area contributed by atoms with Gasteiger partial charge in [-0.2, -0.15) is 0 Å². The van der Waals surface area contributed by atoms with Gasteiger partial charge in [0.25, 0.3) is 0 Å². The van der Waals surface area contributed by atoms with Crippen molar-refractivity contribution in [3.63, 3.8) is 0 Å². The number of halogens is 1. The van der Waals surface area contributed by atoms with Crippen LogP contribution in [0.1, 0.15) is 42.9 Å². The van der Waals surface area contributed by atoms with Crippen molar-refractivity contribution < 1.29 is 9.47 Å². The number of hydrogen-bond acceptors (Lipinski definition) is 4. The molecule has 0 bridgehead atoms. The molecule has 0 aliphatic carbocycles. The third kappa shape index (κ3) is 7.55. The maximum Gasteiger partial charge on any atom is 0.188 e. The summed E-state index contributed by atoms with van der Waals surface area (Å²) in [6, 6.07) is 15.2. The van der Waals surface area contributed by atoms with E-state index in [-0.39, 0.29) is 24.0 Å². The first-order chi connectivity index (χ1) is 15.1. The summed E-state index contributed by atoms with van der Waals surface area (Å²) >= 11 is 0. The van der Waals surface area contributed by atoms with E-state index >= 15 is 0 Å². The van der Waals surface area contributed by atoms with Crippen molar-refractivity contribution in [3.8, 4) is 11.5 Å². The molecule has 1 saturated heterocycles. The molecule has 0 saturated carbocycles. The fraction of sp³-hybridized carbons (Fsp3) is 0.480. The van der Waals surface area contributed by atoms with Crippen molar-refractivity contribution in [2.75, 3.05) is 27.3 Å². The molecule has 0 amide bonds. The number of methoxy groups -OCH3 is 2. The van der Waals surface area contributed by atoms with Crippen molar-refractivity contribution in [1.82, 2.24) is 10.2 Å². The highest BCUT2D eigenvalue weighted by atomic mass is 127. The van der Waals surface area contributed by atoms with E-state index in [1.165, 1.54) is 36.9 Å². The normalized spacial score (nSPS) is 16.8. The molecule has 0 aromatic heterocycles. The summed E-state index contributed by atoms with van der Waals surface area (Å²) in [6.45, 7) is 5.80. The number of aliphatic imine (C=N–C) groups is 1. The number of nitrogens with two attached hydrogens (primary N) is 1. The maximum atomic E-state index is 6.13. The lowest BCUT2D eigenvalue weighted by Gasteiger charge is -2.33. The number of nitrogens with one attached hydrogen (secondary N) is 1. The topological polar surface area (TPSA) is 72.1 Å². The summed E-state index contributed by atoms with van der Waals surface area (Å²) in [5.74, 6) is 1.95. The monoisotopic (exact) mass is 552 g/mol. The molecule has 6 nitrogen and oxygen atoms in total. The number of hydrogen-bond donors (Lipinski definition) is 2. The van der Waals surface area contributed by atoms with Gasteiger partial charge >= 0.3 is 0 Å². The van der Waals surface area contributed by atoms with Gasteiger partial charge in [-0.1, -0.05) is 36.8 Å². The lowest BCUT2D eigenvalue weighted by Crippen LogP contribution is -2.37. The van der Waals surface area contributed by atoms with Gasteiger partial charge in [-0.3, -0.25) is 4.90 Å². The molecular weight excluding hydrogens is 515 g/mol. The van der Waals surface area contributed by atoms with Crippen molar-refractivity contribution in [3.05, 3.63) is 59.2 Å². The van der Waals surface area contributed by atoms with Crippen LogP contribution in [-0.2, 0) is 19.5 Å². The quantitative estimate of drug-likeness (QED) is 0.275. The van der Waals surface area contributed by atoms with Crippen LogP contribution < -0.4 is 20.5 Å². The van der Waals surface area contributed by atoms with Crippen LogP contribution in [0.25, 0.3) is 0 Å². The van der Waals surface area contributed by atoms with E-state index in [0.717, 1.165) is 30.0 Å². The van der Waals surface area contributed by atoms with Gasteiger partial charge in [0.1, 0.15) is 0 Å². The summed E-state index contributed by atoms with van der Waals surface area (Å²) in [6.07, 6.45) is 4.74. The Morgan fingerprint density at radius 3 is 2.56 bits per heavy atom. The van der Waals surface area contributed by atoms with E-state index in [2.05, 4.69) is 46.4 Å². The summed E-state index contributed by atoms with van der Waals surface area (Å²) in [5.41, 5.74) is 9.87. The molecule has 176 valence electrons. The molecule has 1 atom stereocenters. The molecule has 1 heterocycles. The Labute approximate surface area is 209 Å². The Morgan fingerprint density at radius 1 is 1.09 bits per heavy atom. The van der Waals surface area contributed by atoms with Crippen LogP contribution in [0.3, 0.4) is 0 Å². The van der Waals surface area contributed by atoms with Crippen LogP contribution >= 0.6 is 24.0 Å². The first-order valence-corrected chi connectivity index (χ1v) is 11.2. The fourth-order valence-corrected chi connectivity index (χ4v) is 4.07. The third-order valence-electron chi connectivity index (χ3n) is 6.02. The van der Waals surface area contributed by atoms with E-state index in [9.17, 15) is 0 Å². The van der Waals surface area contributed by atoms with Gasteiger partial charge < -0.3 is 20.5 Å². The molecular formula is C25H37IN4O2. The van der Waals surface area contributed by atoms with Crippen LogP contribution in [0.5, 0.6) is 11.5 Å². The van der Waals surface area contributed by atoms with Crippen molar-refractivity contribution in [2.24, 2.45) is 10.7 Å². The molecule has 2 aromatic rings. The Kier molecular flexibility index (Phi) is 11.1. The van der Waals surface area contributed by atoms with Crippen LogP contribution in [0.4, 0.5) is 0 Å². The number of piperidine rings is 1.